The van der Waals surface area contributed by atoms with Gasteiger partial charge >= 0.3 is 5.97 Å². The van der Waals surface area contributed by atoms with Gasteiger partial charge in [-0.05, 0) is 24.6 Å². The summed E-state index contributed by atoms with van der Waals surface area (Å²) in [5.74, 6) is -1.15. The zero-order chi connectivity index (χ0) is 14.2. The Hall–Kier alpha value is -2.24. The molecular formula is C13H12F2N2O2. The maximum atomic E-state index is 12.8. The first-order valence-corrected chi connectivity index (χ1v) is 5.56. The fourth-order valence-electron chi connectivity index (χ4n) is 1.88. The van der Waals surface area contributed by atoms with Gasteiger partial charge in [-0.2, -0.15) is 5.10 Å². The van der Waals surface area contributed by atoms with Crippen molar-refractivity contribution in [3.63, 3.8) is 0 Å². The van der Waals surface area contributed by atoms with Gasteiger partial charge in [0.2, 0.25) is 0 Å². The van der Waals surface area contributed by atoms with E-state index in [2.05, 4.69) is 5.10 Å². The van der Waals surface area contributed by atoms with Gasteiger partial charge in [-0.25, -0.2) is 13.6 Å². The highest BCUT2D eigenvalue weighted by Gasteiger charge is 2.16. The topological polar surface area (TPSA) is 55.1 Å². The Morgan fingerprint density at radius 1 is 1.37 bits per heavy atom. The van der Waals surface area contributed by atoms with Crippen molar-refractivity contribution in [3.8, 4) is 11.3 Å². The molecule has 0 radical (unpaired) electrons. The van der Waals surface area contributed by atoms with E-state index in [9.17, 15) is 13.6 Å². The van der Waals surface area contributed by atoms with Crippen LogP contribution in [-0.4, -0.2) is 20.9 Å². The lowest BCUT2D eigenvalue weighted by atomic mass is 10.0. The molecule has 1 N–H and O–H groups in total. The Labute approximate surface area is 108 Å². The number of carbonyl (C=O) groups is 1. The lowest BCUT2D eigenvalue weighted by Gasteiger charge is -2.08. The van der Waals surface area contributed by atoms with Crippen molar-refractivity contribution in [2.45, 2.75) is 13.3 Å². The third-order valence-corrected chi connectivity index (χ3v) is 2.91. The molecule has 0 fully saturated rings. The first-order chi connectivity index (χ1) is 8.90. The molecule has 0 aliphatic carbocycles. The molecule has 1 aromatic carbocycles. The van der Waals surface area contributed by atoms with Crippen molar-refractivity contribution in [1.82, 2.24) is 9.78 Å². The highest BCUT2D eigenvalue weighted by molar-refractivity contribution is 5.87. The summed E-state index contributed by atoms with van der Waals surface area (Å²) in [6.45, 7) is 1.61. The molecule has 2 rings (SSSR count). The molecule has 0 saturated carbocycles. The van der Waals surface area contributed by atoms with E-state index in [1.54, 1.807) is 26.1 Å². The van der Waals surface area contributed by atoms with Gasteiger partial charge in [0.15, 0.2) is 5.69 Å². The summed E-state index contributed by atoms with van der Waals surface area (Å²) in [4.78, 5) is 10.8. The van der Waals surface area contributed by atoms with Crippen molar-refractivity contribution < 1.29 is 18.7 Å². The molecule has 2 aromatic rings. The minimum atomic E-state index is -2.56. The van der Waals surface area contributed by atoms with Crippen LogP contribution in [0.25, 0.3) is 11.3 Å². The van der Waals surface area contributed by atoms with E-state index in [-0.39, 0.29) is 11.3 Å². The number of aromatic carboxylic acids is 1. The molecular weight excluding hydrogens is 254 g/mol. The maximum Gasteiger partial charge on any atom is 0.356 e. The number of halogens is 2. The average Bonchev–Trinajstić information content (AvgIpc) is 2.72. The zero-order valence-corrected chi connectivity index (χ0v) is 10.4. The van der Waals surface area contributed by atoms with Gasteiger partial charge in [-0.3, -0.25) is 4.68 Å². The standard InChI is InChI=1S/C13H12F2N2O2/c1-7-3-4-8(5-9(7)12(14)15)11-6-10(13(18)19)16-17(11)2/h3-6,12H,1-2H3,(H,18,19). The number of nitrogens with zero attached hydrogens (tertiary/aromatic N) is 2. The molecule has 0 bridgehead atoms. The largest absolute Gasteiger partial charge is 0.476 e. The Morgan fingerprint density at radius 2 is 2.05 bits per heavy atom. The molecule has 0 amide bonds. The molecule has 100 valence electrons. The molecule has 1 heterocycles. The second-order valence-corrected chi connectivity index (χ2v) is 4.22. The smallest absolute Gasteiger partial charge is 0.356 e. The summed E-state index contributed by atoms with van der Waals surface area (Å²) in [5, 5.41) is 12.7. The number of aryl methyl sites for hydroxylation is 2. The molecule has 19 heavy (non-hydrogen) atoms. The number of aromatic nitrogens is 2. The van der Waals surface area contributed by atoms with E-state index in [0.29, 0.717) is 16.8 Å². The Bertz CT molecular complexity index is 636. The van der Waals surface area contributed by atoms with Crippen LogP contribution in [0.5, 0.6) is 0 Å². The van der Waals surface area contributed by atoms with Crippen molar-refractivity contribution in [2.75, 3.05) is 0 Å². The second kappa shape index (κ2) is 4.79. The number of rotatable bonds is 3. The van der Waals surface area contributed by atoms with Crippen LogP contribution in [0, 0.1) is 6.92 Å². The predicted molar refractivity (Wildman–Crippen MR) is 65.3 cm³/mol. The van der Waals surface area contributed by atoms with Crippen LogP contribution in [0.3, 0.4) is 0 Å². The van der Waals surface area contributed by atoms with Crippen LogP contribution in [0.1, 0.15) is 28.0 Å². The van der Waals surface area contributed by atoms with Crippen LogP contribution in [-0.2, 0) is 7.05 Å². The van der Waals surface area contributed by atoms with Crippen LogP contribution < -0.4 is 0 Å². The Kier molecular flexibility index (Phi) is 3.33. The fraction of sp³-hybridized carbons (Fsp3) is 0.231. The number of carboxylic acids is 1. The summed E-state index contributed by atoms with van der Waals surface area (Å²) in [6, 6.07) is 5.99. The van der Waals surface area contributed by atoms with E-state index < -0.39 is 12.4 Å². The molecule has 0 unspecified atom stereocenters. The molecule has 0 atom stereocenters. The SMILES string of the molecule is Cc1ccc(-c2cc(C(=O)O)nn2C)cc1C(F)F. The predicted octanol–water partition coefficient (Wildman–Crippen LogP) is 3.03. The van der Waals surface area contributed by atoms with Crippen molar-refractivity contribution in [3.05, 3.63) is 41.1 Å². The lowest BCUT2D eigenvalue weighted by molar-refractivity contribution is 0.0689. The molecule has 1 aromatic heterocycles. The normalized spacial score (nSPS) is 11.0. The highest BCUT2D eigenvalue weighted by atomic mass is 19.3. The van der Waals surface area contributed by atoms with Crippen molar-refractivity contribution in [1.29, 1.82) is 0 Å². The van der Waals surface area contributed by atoms with E-state index >= 15 is 0 Å². The molecule has 4 nitrogen and oxygen atoms in total. The Morgan fingerprint density at radius 3 is 2.58 bits per heavy atom. The summed E-state index contributed by atoms with van der Waals surface area (Å²) in [5.41, 5.74) is 1.33. The average molecular weight is 266 g/mol. The minimum Gasteiger partial charge on any atom is -0.476 e. The zero-order valence-electron chi connectivity index (χ0n) is 10.4. The van der Waals surface area contributed by atoms with Gasteiger partial charge in [0, 0.05) is 18.2 Å². The van der Waals surface area contributed by atoms with E-state index in [4.69, 9.17) is 5.11 Å². The Balaban J connectivity index is 2.53. The number of alkyl halides is 2. The molecule has 0 aliphatic rings. The minimum absolute atomic E-state index is 0.0597. The number of hydrogen-bond donors (Lipinski definition) is 1. The van der Waals surface area contributed by atoms with E-state index in [1.165, 1.54) is 16.8 Å². The lowest BCUT2D eigenvalue weighted by Crippen LogP contribution is -1.99. The first kappa shape index (κ1) is 13.2. The summed E-state index contributed by atoms with van der Waals surface area (Å²) < 4.78 is 27.0. The summed E-state index contributed by atoms with van der Waals surface area (Å²) >= 11 is 0. The van der Waals surface area contributed by atoms with Gasteiger partial charge in [0.1, 0.15) is 0 Å². The molecule has 0 saturated heterocycles. The monoisotopic (exact) mass is 266 g/mol. The quantitative estimate of drug-likeness (QED) is 0.929. The first-order valence-electron chi connectivity index (χ1n) is 5.56. The van der Waals surface area contributed by atoms with Crippen LogP contribution >= 0.6 is 0 Å². The molecule has 0 spiro atoms. The van der Waals surface area contributed by atoms with Crippen molar-refractivity contribution >= 4 is 5.97 Å². The van der Waals surface area contributed by atoms with E-state index in [1.807, 2.05) is 0 Å². The van der Waals surface area contributed by atoms with Crippen molar-refractivity contribution in [2.24, 2.45) is 7.05 Å². The summed E-state index contributed by atoms with van der Waals surface area (Å²) in [7, 11) is 1.57. The summed E-state index contributed by atoms with van der Waals surface area (Å²) in [6.07, 6.45) is -2.56. The third-order valence-electron chi connectivity index (χ3n) is 2.91. The highest BCUT2D eigenvalue weighted by Crippen LogP contribution is 2.28. The number of carboxylic acid groups (broad SMARTS) is 1. The van der Waals surface area contributed by atoms with Gasteiger partial charge in [-0.1, -0.05) is 12.1 Å². The molecule has 0 aliphatic heterocycles. The van der Waals surface area contributed by atoms with E-state index in [0.717, 1.165) is 0 Å². The number of hydrogen-bond acceptors (Lipinski definition) is 2. The maximum absolute atomic E-state index is 12.8. The van der Waals surface area contributed by atoms with Crippen LogP contribution in [0.15, 0.2) is 24.3 Å². The molecule has 6 heteroatoms. The van der Waals surface area contributed by atoms with Gasteiger partial charge in [0.25, 0.3) is 6.43 Å². The van der Waals surface area contributed by atoms with Crippen LogP contribution in [0.2, 0.25) is 0 Å². The third kappa shape index (κ3) is 2.47. The van der Waals surface area contributed by atoms with Gasteiger partial charge in [-0.15, -0.1) is 0 Å². The second-order valence-electron chi connectivity index (χ2n) is 4.22. The fourth-order valence-corrected chi connectivity index (χ4v) is 1.88. The van der Waals surface area contributed by atoms with Gasteiger partial charge in [0.05, 0.1) is 5.69 Å². The van der Waals surface area contributed by atoms with Gasteiger partial charge < -0.3 is 5.11 Å². The van der Waals surface area contributed by atoms with Crippen LogP contribution in [0.4, 0.5) is 8.78 Å². The number of benzene rings is 1.